The quantitative estimate of drug-likeness (QED) is 0.380. The van der Waals surface area contributed by atoms with Crippen LogP contribution in [-0.4, -0.2) is 52.0 Å². The minimum Gasteiger partial charge on any atom is -0.507 e. The number of hydrogen-bond donors (Lipinski definition) is 2. The van der Waals surface area contributed by atoms with Gasteiger partial charge in [0.2, 0.25) is 0 Å². The van der Waals surface area contributed by atoms with Crippen LogP contribution in [0.1, 0.15) is 73.1 Å². The van der Waals surface area contributed by atoms with Gasteiger partial charge in [-0.15, -0.1) is 0 Å². The maximum atomic E-state index is 13.5. The van der Waals surface area contributed by atoms with Crippen LogP contribution >= 0.6 is 0 Å². The number of para-hydroxylation sites is 1. The van der Waals surface area contributed by atoms with Crippen molar-refractivity contribution in [3.05, 3.63) is 65.4 Å². The fourth-order valence-corrected chi connectivity index (χ4v) is 5.08. The first-order valence-electron chi connectivity index (χ1n) is 12.7. The highest BCUT2D eigenvalue weighted by molar-refractivity contribution is 6.00. The molecule has 2 aliphatic rings. The summed E-state index contributed by atoms with van der Waals surface area (Å²) < 4.78 is 11.8. The summed E-state index contributed by atoms with van der Waals surface area (Å²) >= 11 is 0. The summed E-state index contributed by atoms with van der Waals surface area (Å²) in [4.78, 5) is 15.4. The predicted octanol–water partition coefficient (Wildman–Crippen LogP) is 5.47. The van der Waals surface area contributed by atoms with Gasteiger partial charge in [-0.1, -0.05) is 50.5 Å². The van der Waals surface area contributed by atoms with Crippen LogP contribution in [0.2, 0.25) is 0 Å². The van der Waals surface area contributed by atoms with Crippen molar-refractivity contribution in [2.45, 2.75) is 57.6 Å². The second-order valence-corrected chi connectivity index (χ2v) is 9.35. The fraction of sp³-hybridized carbons (Fsp3) is 0.429. The smallest absolute Gasteiger partial charge is 0.273 e. The molecule has 3 heterocycles. The third-order valence-corrected chi connectivity index (χ3v) is 6.91. The number of aromatic nitrogens is 2. The van der Waals surface area contributed by atoms with Crippen molar-refractivity contribution in [2.24, 2.45) is 0 Å². The van der Waals surface area contributed by atoms with Crippen molar-refractivity contribution in [3.8, 4) is 22.8 Å². The van der Waals surface area contributed by atoms with Crippen LogP contribution in [0, 0.1) is 0 Å². The molecule has 2 atom stereocenters. The Bertz CT molecular complexity index is 1150. The van der Waals surface area contributed by atoms with Crippen LogP contribution in [0.15, 0.2) is 48.5 Å². The number of ether oxygens (including phenoxy) is 2. The molecule has 0 bridgehead atoms. The van der Waals surface area contributed by atoms with Gasteiger partial charge in [0.25, 0.3) is 5.91 Å². The number of phenols is 1. The largest absolute Gasteiger partial charge is 0.507 e. The van der Waals surface area contributed by atoms with E-state index in [2.05, 4.69) is 17.1 Å². The molecule has 1 fully saturated rings. The summed E-state index contributed by atoms with van der Waals surface area (Å²) in [5, 5.41) is 17.9. The Labute approximate surface area is 206 Å². The lowest BCUT2D eigenvalue weighted by Crippen LogP contribution is -2.36. The molecule has 0 radical (unpaired) electrons. The van der Waals surface area contributed by atoms with Crippen molar-refractivity contribution in [3.63, 3.8) is 0 Å². The van der Waals surface area contributed by atoms with E-state index < -0.39 is 0 Å². The number of phenolic OH excluding ortho intramolecular Hbond substituents is 1. The lowest BCUT2D eigenvalue weighted by molar-refractivity contribution is 0.0495. The molecule has 2 aromatic carbocycles. The summed E-state index contributed by atoms with van der Waals surface area (Å²) in [7, 11) is 0. The highest BCUT2D eigenvalue weighted by atomic mass is 16.5. The van der Waals surface area contributed by atoms with Gasteiger partial charge < -0.3 is 19.5 Å². The molecule has 5 rings (SSSR count). The third-order valence-electron chi connectivity index (χ3n) is 6.91. The van der Waals surface area contributed by atoms with Gasteiger partial charge in [-0.05, 0) is 49.1 Å². The number of benzene rings is 2. The van der Waals surface area contributed by atoms with Gasteiger partial charge in [0, 0.05) is 24.3 Å². The molecule has 1 saturated heterocycles. The molecule has 1 amide bonds. The second-order valence-electron chi connectivity index (χ2n) is 9.35. The Balaban J connectivity index is 1.45. The highest BCUT2D eigenvalue weighted by Crippen LogP contribution is 2.45. The zero-order valence-corrected chi connectivity index (χ0v) is 20.2. The molecule has 0 unspecified atom stereocenters. The Hall–Kier alpha value is -3.32. The fourth-order valence-electron chi connectivity index (χ4n) is 5.08. The number of hydrogen-bond acceptors (Lipinski definition) is 5. The zero-order valence-electron chi connectivity index (χ0n) is 20.2. The Morgan fingerprint density at radius 3 is 2.71 bits per heavy atom. The molecule has 7 heteroatoms. The van der Waals surface area contributed by atoms with E-state index in [1.807, 2.05) is 41.3 Å². The van der Waals surface area contributed by atoms with Crippen molar-refractivity contribution >= 4 is 5.91 Å². The lowest BCUT2D eigenvalue weighted by Gasteiger charge is -2.28. The van der Waals surface area contributed by atoms with E-state index in [1.165, 1.54) is 19.3 Å². The molecule has 3 aromatic rings. The number of aromatic amines is 1. The topological polar surface area (TPSA) is 87.7 Å². The predicted molar refractivity (Wildman–Crippen MR) is 134 cm³/mol. The molecule has 2 N–H and O–H groups in total. The van der Waals surface area contributed by atoms with Crippen molar-refractivity contribution in [1.82, 2.24) is 15.1 Å². The number of fused-ring (bicyclic) bond motifs is 1. The second kappa shape index (κ2) is 10.5. The molecule has 35 heavy (non-hydrogen) atoms. The SMILES string of the molecule is CCCCCCOc1ccc([C@H]2c3c(-c4ccccc4O)n[nH]c3C(=O)N2C[C@H]2CCCO2)cc1. The molecule has 0 saturated carbocycles. The van der Waals surface area contributed by atoms with Crippen LogP contribution in [0.5, 0.6) is 11.5 Å². The maximum absolute atomic E-state index is 13.5. The molecule has 0 aliphatic carbocycles. The van der Waals surface area contributed by atoms with Crippen LogP contribution in [-0.2, 0) is 4.74 Å². The van der Waals surface area contributed by atoms with Crippen molar-refractivity contribution in [1.29, 1.82) is 0 Å². The first kappa shape index (κ1) is 23.4. The van der Waals surface area contributed by atoms with Gasteiger partial charge in [-0.3, -0.25) is 9.89 Å². The van der Waals surface area contributed by atoms with Gasteiger partial charge >= 0.3 is 0 Å². The average molecular weight is 476 g/mol. The average Bonchev–Trinajstić information content (AvgIpc) is 3.60. The van der Waals surface area contributed by atoms with Crippen molar-refractivity contribution < 1.29 is 19.4 Å². The highest BCUT2D eigenvalue weighted by Gasteiger charge is 2.43. The minimum atomic E-state index is -0.325. The number of rotatable bonds is 10. The summed E-state index contributed by atoms with van der Waals surface area (Å²) in [6.45, 7) is 4.15. The van der Waals surface area contributed by atoms with Gasteiger partial charge in [0.05, 0.1) is 18.8 Å². The Morgan fingerprint density at radius 2 is 1.97 bits per heavy atom. The van der Waals surface area contributed by atoms with Gasteiger partial charge in [0.1, 0.15) is 22.9 Å². The van der Waals surface area contributed by atoms with E-state index in [-0.39, 0.29) is 23.8 Å². The van der Waals surface area contributed by atoms with Crippen LogP contribution < -0.4 is 4.74 Å². The summed E-state index contributed by atoms with van der Waals surface area (Å²) in [6.07, 6.45) is 6.63. The first-order chi connectivity index (χ1) is 17.2. The molecule has 0 spiro atoms. The number of carbonyl (C=O) groups is 1. The van der Waals surface area contributed by atoms with Crippen LogP contribution in [0.3, 0.4) is 0 Å². The summed E-state index contributed by atoms with van der Waals surface area (Å²) in [5.41, 5.74) is 3.45. The monoisotopic (exact) mass is 475 g/mol. The molecule has 184 valence electrons. The number of nitrogens with zero attached hydrogens (tertiary/aromatic N) is 2. The van der Waals surface area contributed by atoms with Crippen LogP contribution in [0.25, 0.3) is 11.3 Å². The normalized spacial score (nSPS) is 19.3. The third kappa shape index (κ3) is 4.78. The summed E-state index contributed by atoms with van der Waals surface area (Å²) in [5.74, 6) is 0.872. The number of nitrogens with one attached hydrogen (secondary N) is 1. The minimum absolute atomic E-state index is 0.0257. The number of H-pyrrole nitrogens is 1. The van der Waals surface area contributed by atoms with E-state index in [0.29, 0.717) is 30.1 Å². The number of carbonyl (C=O) groups excluding carboxylic acids is 1. The van der Waals surface area contributed by atoms with E-state index in [0.717, 1.165) is 42.7 Å². The van der Waals surface area contributed by atoms with Gasteiger partial charge in [-0.2, -0.15) is 5.10 Å². The van der Waals surface area contributed by atoms with E-state index in [1.54, 1.807) is 12.1 Å². The molecular weight excluding hydrogens is 442 g/mol. The molecule has 1 aromatic heterocycles. The van der Waals surface area contributed by atoms with E-state index in [4.69, 9.17) is 9.47 Å². The van der Waals surface area contributed by atoms with Gasteiger partial charge in [0.15, 0.2) is 0 Å². The summed E-state index contributed by atoms with van der Waals surface area (Å²) in [6, 6.07) is 14.8. The van der Waals surface area contributed by atoms with E-state index in [9.17, 15) is 9.90 Å². The molecule has 7 nitrogen and oxygen atoms in total. The van der Waals surface area contributed by atoms with E-state index >= 15 is 0 Å². The number of unbranched alkanes of at least 4 members (excludes halogenated alkanes) is 3. The Kier molecular flexibility index (Phi) is 7.04. The molecule has 2 aliphatic heterocycles. The number of amides is 1. The lowest BCUT2D eigenvalue weighted by atomic mass is 9.95. The maximum Gasteiger partial charge on any atom is 0.273 e. The number of aromatic hydroxyl groups is 1. The molecular formula is C28H33N3O4. The first-order valence-corrected chi connectivity index (χ1v) is 12.7. The van der Waals surface area contributed by atoms with Crippen molar-refractivity contribution in [2.75, 3.05) is 19.8 Å². The standard InChI is InChI=1S/C28H33N3O4/c1-2-3-4-7-16-34-20-14-12-19(13-15-20)27-24-25(22-10-5-6-11-23(22)32)29-30-26(24)28(33)31(27)18-21-9-8-17-35-21/h5-6,10-15,21,27,32H,2-4,7-9,16-18H2,1H3,(H,29,30)/t21-,27+/m1/s1. The van der Waals surface area contributed by atoms with Gasteiger partial charge in [-0.25, -0.2) is 0 Å². The Morgan fingerprint density at radius 1 is 1.14 bits per heavy atom. The zero-order chi connectivity index (χ0) is 24.2. The van der Waals surface area contributed by atoms with Crippen LogP contribution in [0.4, 0.5) is 0 Å².